The van der Waals surface area contributed by atoms with Gasteiger partial charge >= 0.3 is 6.18 Å². The third kappa shape index (κ3) is 4.27. The van der Waals surface area contributed by atoms with E-state index in [2.05, 4.69) is 4.90 Å². The molecule has 3 nitrogen and oxygen atoms in total. The van der Waals surface area contributed by atoms with Crippen LogP contribution in [0.15, 0.2) is 54.6 Å². The number of nitrogens with zero attached hydrogens (tertiary/aromatic N) is 2. The van der Waals surface area contributed by atoms with Crippen molar-refractivity contribution in [2.45, 2.75) is 19.6 Å². The number of hydrogen-bond acceptors (Lipinski definition) is 2. The molecule has 2 aromatic carbocycles. The van der Waals surface area contributed by atoms with E-state index < -0.39 is 11.7 Å². The third-order valence-corrected chi connectivity index (χ3v) is 5.44. The van der Waals surface area contributed by atoms with Crippen molar-refractivity contribution < 1.29 is 22.3 Å². The minimum atomic E-state index is -4.38. The van der Waals surface area contributed by atoms with Crippen LogP contribution in [0, 0.1) is 12.7 Å². The van der Waals surface area contributed by atoms with E-state index in [0.717, 1.165) is 54.4 Å². The number of hydrogen-bond donors (Lipinski definition) is 0. The van der Waals surface area contributed by atoms with Gasteiger partial charge < -0.3 is 9.30 Å². The molecular weight excluding hydrogens is 396 g/mol. The van der Waals surface area contributed by atoms with Crippen molar-refractivity contribution in [1.29, 1.82) is 0 Å². The Labute approximate surface area is 172 Å². The fourth-order valence-electron chi connectivity index (χ4n) is 3.78. The van der Waals surface area contributed by atoms with E-state index in [1.54, 1.807) is 12.1 Å². The van der Waals surface area contributed by atoms with Crippen molar-refractivity contribution in [3.05, 3.63) is 77.2 Å². The lowest BCUT2D eigenvalue weighted by Crippen LogP contribution is -2.35. The summed E-state index contributed by atoms with van der Waals surface area (Å²) in [4.78, 5) is 2.29. The molecule has 0 saturated carbocycles. The number of aromatic nitrogens is 1. The van der Waals surface area contributed by atoms with E-state index >= 15 is 0 Å². The van der Waals surface area contributed by atoms with E-state index in [4.69, 9.17) is 4.74 Å². The van der Waals surface area contributed by atoms with Gasteiger partial charge in [-0.15, -0.1) is 0 Å². The Kier molecular flexibility index (Phi) is 5.66. The summed E-state index contributed by atoms with van der Waals surface area (Å²) in [5, 5.41) is 0. The number of ether oxygens (including phenoxy) is 1. The highest BCUT2D eigenvalue weighted by atomic mass is 19.4. The first-order valence-electron chi connectivity index (χ1n) is 9.78. The van der Waals surface area contributed by atoms with E-state index in [-0.39, 0.29) is 5.82 Å². The second-order valence-electron chi connectivity index (χ2n) is 7.42. The molecule has 0 aliphatic carbocycles. The number of halogens is 4. The summed E-state index contributed by atoms with van der Waals surface area (Å²) in [5.41, 5.74) is 3.58. The Balaban J connectivity index is 1.77. The van der Waals surface area contributed by atoms with Crippen LogP contribution in [0.4, 0.5) is 17.6 Å². The van der Waals surface area contributed by atoms with E-state index in [9.17, 15) is 17.6 Å². The van der Waals surface area contributed by atoms with Crippen molar-refractivity contribution in [2.24, 2.45) is 0 Å². The lowest BCUT2D eigenvalue weighted by Gasteiger charge is -2.26. The molecule has 1 saturated heterocycles. The van der Waals surface area contributed by atoms with Gasteiger partial charge in [0.25, 0.3) is 0 Å². The summed E-state index contributed by atoms with van der Waals surface area (Å²) < 4.78 is 59.8. The molecule has 1 aliphatic heterocycles. The molecule has 0 bridgehead atoms. The number of benzene rings is 2. The first-order valence-corrected chi connectivity index (χ1v) is 9.78. The van der Waals surface area contributed by atoms with Gasteiger partial charge in [0, 0.05) is 31.0 Å². The van der Waals surface area contributed by atoms with Crippen molar-refractivity contribution in [3.63, 3.8) is 0 Å². The van der Waals surface area contributed by atoms with Crippen molar-refractivity contribution in [2.75, 3.05) is 26.3 Å². The van der Waals surface area contributed by atoms with Gasteiger partial charge in [0.1, 0.15) is 5.82 Å². The molecule has 30 heavy (non-hydrogen) atoms. The Morgan fingerprint density at radius 3 is 2.17 bits per heavy atom. The molecule has 4 rings (SSSR count). The van der Waals surface area contributed by atoms with Crippen LogP contribution in [0.5, 0.6) is 0 Å². The maximum atomic E-state index is 13.5. The zero-order chi connectivity index (χ0) is 21.3. The van der Waals surface area contributed by atoms with Crippen LogP contribution in [0.3, 0.4) is 0 Å². The number of rotatable bonds is 4. The first-order chi connectivity index (χ1) is 14.3. The molecule has 0 amide bonds. The number of alkyl halides is 3. The van der Waals surface area contributed by atoms with E-state index in [1.165, 1.54) is 24.3 Å². The Bertz CT molecular complexity index is 1000. The molecule has 0 atom stereocenters. The largest absolute Gasteiger partial charge is 0.416 e. The Morgan fingerprint density at radius 2 is 1.57 bits per heavy atom. The predicted octanol–water partition coefficient (Wildman–Crippen LogP) is 5.44. The topological polar surface area (TPSA) is 17.4 Å². The highest BCUT2D eigenvalue weighted by Gasteiger charge is 2.30. The molecule has 3 aromatic rings. The lowest BCUT2D eigenvalue weighted by molar-refractivity contribution is -0.137. The zero-order valence-electron chi connectivity index (χ0n) is 16.5. The van der Waals surface area contributed by atoms with Gasteiger partial charge in [-0.25, -0.2) is 4.39 Å². The van der Waals surface area contributed by atoms with Crippen LogP contribution >= 0.6 is 0 Å². The molecule has 0 unspecified atom stereocenters. The quantitative estimate of drug-likeness (QED) is 0.525. The van der Waals surface area contributed by atoms with Gasteiger partial charge in [-0.3, -0.25) is 4.90 Å². The normalized spacial score (nSPS) is 15.5. The minimum absolute atomic E-state index is 0.340. The van der Waals surface area contributed by atoms with Gasteiger partial charge in [0.05, 0.1) is 24.5 Å². The van der Waals surface area contributed by atoms with Gasteiger partial charge in [-0.2, -0.15) is 13.2 Å². The maximum Gasteiger partial charge on any atom is 0.416 e. The Hall–Kier alpha value is -2.64. The summed E-state index contributed by atoms with van der Waals surface area (Å²) in [5.74, 6) is -0.340. The van der Waals surface area contributed by atoms with Crippen molar-refractivity contribution in [3.8, 4) is 16.9 Å². The summed E-state index contributed by atoms with van der Waals surface area (Å²) in [7, 11) is 0. The fraction of sp³-hybridized carbons (Fsp3) is 0.304. The Morgan fingerprint density at radius 1 is 0.933 bits per heavy atom. The van der Waals surface area contributed by atoms with Crippen molar-refractivity contribution in [1.82, 2.24) is 9.47 Å². The summed E-state index contributed by atoms with van der Waals surface area (Å²) >= 11 is 0. The van der Waals surface area contributed by atoms with E-state index in [1.807, 2.05) is 17.6 Å². The predicted molar refractivity (Wildman–Crippen MR) is 107 cm³/mol. The van der Waals surface area contributed by atoms with Crippen LogP contribution in [-0.2, 0) is 17.5 Å². The van der Waals surface area contributed by atoms with Crippen LogP contribution in [0.2, 0.25) is 0 Å². The van der Waals surface area contributed by atoms with Gasteiger partial charge in [0.15, 0.2) is 0 Å². The second kappa shape index (κ2) is 8.24. The average Bonchev–Trinajstić information content (AvgIpc) is 3.05. The molecule has 1 aromatic heterocycles. The molecule has 0 radical (unpaired) electrons. The molecule has 158 valence electrons. The third-order valence-electron chi connectivity index (χ3n) is 5.44. The maximum absolute atomic E-state index is 13.5. The van der Waals surface area contributed by atoms with Crippen molar-refractivity contribution >= 4 is 0 Å². The fourth-order valence-corrected chi connectivity index (χ4v) is 3.78. The number of morpholine rings is 1. The van der Waals surface area contributed by atoms with Crippen LogP contribution in [-0.4, -0.2) is 35.8 Å². The SMILES string of the molecule is Cc1c(CN2CCOCC2)cc(-c2ccc(C(F)(F)F)cc2)n1-c1ccc(F)cc1. The average molecular weight is 418 g/mol. The molecule has 7 heteroatoms. The van der Waals surface area contributed by atoms with Gasteiger partial charge in [0.2, 0.25) is 0 Å². The molecular formula is C23H22F4N2O. The molecule has 1 aliphatic rings. The van der Waals surface area contributed by atoms with Gasteiger partial charge in [-0.1, -0.05) is 12.1 Å². The summed E-state index contributed by atoms with van der Waals surface area (Å²) in [6, 6.07) is 13.3. The highest BCUT2D eigenvalue weighted by molar-refractivity contribution is 5.66. The zero-order valence-corrected chi connectivity index (χ0v) is 16.5. The molecule has 1 fully saturated rings. The molecule has 2 heterocycles. The standard InChI is InChI=1S/C23H22F4N2O/c1-16-18(15-28-10-12-30-13-11-28)14-22(29(16)21-8-6-20(24)7-9-21)17-2-4-19(5-3-17)23(25,26)27/h2-9,14H,10-13,15H2,1H3. The molecule has 0 N–H and O–H groups in total. The minimum Gasteiger partial charge on any atom is -0.379 e. The van der Waals surface area contributed by atoms with Crippen LogP contribution in [0.1, 0.15) is 16.8 Å². The van der Waals surface area contributed by atoms with Crippen LogP contribution < -0.4 is 0 Å². The van der Waals surface area contributed by atoms with Crippen LogP contribution in [0.25, 0.3) is 16.9 Å². The lowest BCUT2D eigenvalue weighted by atomic mass is 10.1. The monoisotopic (exact) mass is 418 g/mol. The second-order valence-corrected chi connectivity index (χ2v) is 7.42. The van der Waals surface area contributed by atoms with Gasteiger partial charge in [-0.05, 0) is 60.5 Å². The molecule has 0 spiro atoms. The smallest absolute Gasteiger partial charge is 0.379 e. The highest BCUT2D eigenvalue weighted by Crippen LogP contribution is 2.34. The summed E-state index contributed by atoms with van der Waals surface area (Å²) in [6.45, 7) is 5.73. The summed E-state index contributed by atoms with van der Waals surface area (Å²) in [6.07, 6.45) is -4.38. The van der Waals surface area contributed by atoms with E-state index in [0.29, 0.717) is 18.8 Å². The first kappa shape index (κ1) is 20.6.